The van der Waals surface area contributed by atoms with Gasteiger partial charge in [0, 0.05) is 17.6 Å². The molecule has 2 amide bonds. The lowest BCUT2D eigenvalue weighted by Crippen LogP contribution is -2.47. The number of alkyl halides is 1. The van der Waals surface area contributed by atoms with Gasteiger partial charge in [0.05, 0.1) is 0 Å². The quantitative estimate of drug-likeness (QED) is 0.576. The molecule has 6 heteroatoms. The van der Waals surface area contributed by atoms with E-state index in [4.69, 9.17) is 23.2 Å². The molecule has 2 aromatic carbocycles. The standard InChI is InChI=1S/C24H28Cl2N2O2/c1-17-6-10-19(11-7-17)23(24(30)27-21-4-2-3-5-21)28(22(29)16-25)15-14-18-8-12-20(26)13-9-18/h6-13,21,23H,2-5,14-16H2,1H3,(H,27,30)/t23-/m0/s1. The number of carbonyl (C=O) groups is 2. The highest BCUT2D eigenvalue weighted by atomic mass is 35.5. The van der Waals surface area contributed by atoms with Crippen molar-refractivity contribution in [1.29, 1.82) is 0 Å². The predicted octanol–water partition coefficient (Wildman–Crippen LogP) is 5.06. The van der Waals surface area contributed by atoms with Crippen LogP contribution < -0.4 is 5.32 Å². The van der Waals surface area contributed by atoms with Gasteiger partial charge in [0.1, 0.15) is 11.9 Å². The van der Waals surface area contributed by atoms with Crippen molar-refractivity contribution in [3.05, 3.63) is 70.2 Å². The number of rotatable bonds is 8. The number of benzene rings is 2. The minimum Gasteiger partial charge on any atom is -0.351 e. The van der Waals surface area contributed by atoms with E-state index in [-0.39, 0.29) is 23.7 Å². The van der Waals surface area contributed by atoms with E-state index in [9.17, 15) is 9.59 Å². The second-order valence-corrected chi connectivity index (χ2v) is 8.60. The molecule has 1 N–H and O–H groups in total. The third-order valence-corrected chi connectivity index (χ3v) is 6.12. The maximum atomic E-state index is 13.3. The molecule has 0 bridgehead atoms. The molecule has 1 saturated carbocycles. The van der Waals surface area contributed by atoms with E-state index >= 15 is 0 Å². The summed E-state index contributed by atoms with van der Waals surface area (Å²) in [5.74, 6) is -0.558. The van der Waals surface area contributed by atoms with Gasteiger partial charge in [-0.25, -0.2) is 0 Å². The molecule has 1 aliphatic rings. The second kappa shape index (κ2) is 10.8. The molecule has 0 heterocycles. The Morgan fingerprint density at radius 1 is 1.07 bits per heavy atom. The maximum absolute atomic E-state index is 13.3. The fourth-order valence-electron chi connectivity index (χ4n) is 3.95. The second-order valence-electron chi connectivity index (χ2n) is 7.90. The van der Waals surface area contributed by atoms with Crippen LogP contribution in [0.3, 0.4) is 0 Å². The van der Waals surface area contributed by atoms with Crippen LogP contribution in [-0.2, 0) is 16.0 Å². The Hall–Kier alpha value is -2.04. The van der Waals surface area contributed by atoms with Crippen LogP contribution in [0, 0.1) is 6.92 Å². The van der Waals surface area contributed by atoms with E-state index < -0.39 is 6.04 Å². The third-order valence-electron chi connectivity index (χ3n) is 5.64. The largest absolute Gasteiger partial charge is 0.351 e. The van der Waals surface area contributed by atoms with Crippen molar-refractivity contribution in [2.45, 2.75) is 51.1 Å². The zero-order chi connectivity index (χ0) is 21.5. The van der Waals surface area contributed by atoms with Crippen LogP contribution in [-0.4, -0.2) is 35.2 Å². The first-order valence-corrected chi connectivity index (χ1v) is 11.4. The monoisotopic (exact) mass is 446 g/mol. The summed E-state index contributed by atoms with van der Waals surface area (Å²) in [4.78, 5) is 27.7. The van der Waals surface area contributed by atoms with Gasteiger partial charge in [-0.15, -0.1) is 11.6 Å². The third kappa shape index (κ3) is 5.99. The Kier molecular flexibility index (Phi) is 8.17. The molecule has 30 heavy (non-hydrogen) atoms. The molecule has 1 fully saturated rings. The Bertz CT molecular complexity index is 847. The number of halogens is 2. The first kappa shape index (κ1) is 22.6. The Morgan fingerprint density at radius 3 is 2.30 bits per heavy atom. The normalized spacial score (nSPS) is 15.0. The van der Waals surface area contributed by atoms with E-state index in [2.05, 4.69) is 5.32 Å². The van der Waals surface area contributed by atoms with Gasteiger partial charge in [-0.05, 0) is 49.4 Å². The first-order chi connectivity index (χ1) is 14.5. The van der Waals surface area contributed by atoms with Crippen LogP contribution in [0.2, 0.25) is 5.02 Å². The van der Waals surface area contributed by atoms with Gasteiger partial charge < -0.3 is 10.2 Å². The fraction of sp³-hybridized carbons (Fsp3) is 0.417. The number of nitrogens with zero attached hydrogens (tertiary/aromatic N) is 1. The van der Waals surface area contributed by atoms with Crippen molar-refractivity contribution in [2.24, 2.45) is 0 Å². The Morgan fingerprint density at radius 2 is 1.70 bits per heavy atom. The molecule has 1 atom stereocenters. The number of carbonyl (C=O) groups excluding carboxylic acids is 2. The van der Waals surface area contributed by atoms with Gasteiger partial charge in [-0.1, -0.05) is 66.4 Å². The van der Waals surface area contributed by atoms with Gasteiger partial charge in [-0.3, -0.25) is 9.59 Å². The van der Waals surface area contributed by atoms with E-state index in [0.717, 1.165) is 42.4 Å². The average Bonchev–Trinajstić information content (AvgIpc) is 3.25. The minimum atomic E-state index is -0.704. The van der Waals surface area contributed by atoms with E-state index in [1.165, 1.54) is 0 Å². The predicted molar refractivity (Wildman–Crippen MR) is 122 cm³/mol. The Balaban J connectivity index is 1.86. The van der Waals surface area contributed by atoms with Gasteiger partial charge in [0.2, 0.25) is 11.8 Å². The topological polar surface area (TPSA) is 49.4 Å². The molecule has 3 rings (SSSR count). The summed E-state index contributed by atoms with van der Waals surface area (Å²) >= 11 is 11.9. The summed E-state index contributed by atoms with van der Waals surface area (Å²) in [5.41, 5.74) is 2.95. The molecule has 0 radical (unpaired) electrons. The summed E-state index contributed by atoms with van der Waals surface area (Å²) in [7, 11) is 0. The molecule has 0 saturated heterocycles. The number of hydrogen-bond acceptors (Lipinski definition) is 2. The molecule has 0 aromatic heterocycles. The number of amides is 2. The van der Waals surface area contributed by atoms with E-state index in [0.29, 0.717) is 18.0 Å². The van der Waals surface area contributed by atoms with Crippen LogP contribution in [0.25, 0.3) is 0 Å². The molecule has 0 aliphatic heterocycles. The molecule has 0 unspecified atom stereocenters. The lowest BCUT2D eigenvalue weighted by atomic mass is 10.0. The highest BCUT2D eigenvalue weighted by Gasteiger charge is 2.32. The van der Waals surface area contributed by atoms with Gasteiger partial charge in [0.25, 0.3) is 0 Å². The molecular weight excluding hydrogens is 419 g/mol. The van der Waals surface area contributed by atoms with Gasteiger partial charge in [0.15, 0.2) is 0 Å². The SMILES string of the molecule is Cc1ccc([C@@H](C(=O)NC2CCCC2)N(CCc2ccc(Cl)cc2)C(=O)CCl)cc1. The highest BCUT2D eigenvalue weighted by molar-refractivity contribution is 6.30. The van der Waals surface area contributed by atoms with Crippen LogP contribution in [0.1, 0.15) is 48.4 Å². The molecule has 0 spiro atoms. The Labute approximate surface area is 188 Å². The molecule has 1 aliphatic carbocycles. The average molecular weight is 447 g/mol. The zero-order valence-electron chi connectivity index (χ0n) is 17.2. The van der Waals surface area contributed by atoms with E-state index in [1.54, 1.807) is 4.90 Å². The summed E-state index contributed by atoms with van der Waals surface area (Å²) < 4.78 is 0. The van der Waals surface area contributed by atoms with Crippen LogP contribution in [0.5, 0.6) is 0 Å². The molecule has 4 nitrogen and oxygen atoms in total. The summed E-state index contributed by atoms with van der Waals surface area (Å²) in [6.07, 6.45) is 4.84. The molecule has 2 aromatic rings. The van der Waals surface area contributed by atoms with Crippen molar-refractivity contribution in [3.63, 3.8) is 0 Å². The minimum absolute atomic E-state index is 0.139. The lowest BCUT2D eigenvalue weighted by Gasteiger charge is -2.32. The van der Waals surface area contributed by atoms with Crippen LogP contribution in [0.4, 0.5) is 0 Å². The maximum Gasteiger partial charge on any atom is 0.247 e. The van der Waals surface area contributed by atoms with Crippen molar-refractivity contribution >= 4 is 35.0 Å². The zero-order valence-corrected chi connectivity index (χ0v) is 18.8. The fourth-order valence-corrected chi connectivity index (χ4v) is 4.23. The van der Waals surface area contributed by atoms with E-state index in [1.807, 2.05) is 55.5 Å². The smallest absolute Gasteiger partial charge is 0.247 e. The number of aryl methyl sites for hydroxylation is 1. The van der Waals surface area contributed by atoms with Crippen LogP contribution in [0.15, 0.2) is 48.5 Å². The number of hydrogen-bond donors (Lipinski definition) is 1. The summed E-state index contributed by atoms with van der Waals surface area (Å²) in [6, 6.07) is 14.8. The first-order valence-electron chi connectivity index (χ1n) is 10.4. The van der Waals surface area contributed by atoms with Gasteiger partial charge >= 0.3 is 0 Å². The highest BCUT2D eigenvalue weighted by Crippen LogP contribution is 2.25. The molecular formula is C24H28Cl2N2O2. The molecule has 160 valence electrons. The van der Waals surface area contributed by atoms with Crippen molar-refractivity contribution in [1.82, 2.24) is 10.2 Å². The van der Waals surface area contributed by atoms with Crippen molar-refractivity contribution in [3.8, 4) is 0 Å². The van der Waals surface area contributed by atoms with Crippen molar-refractivity contribution < 1.29 is 9.59 Å². The summed E-state index contributed by atoms with van der Waals surface area (Å²) in [6.45, 7) is 2.39. The lowest BCUT2D eigenvalue weighted by molar-refractivity contribution is -0.139. The van der Waals surface area contributed by atoms with Crippen LogP contribution >= 0.6 is 23.2 Å². The summed E-state index contributed by atoms with van der Waals surface area (Å²) in [5, 5.41) is 3.83. The van der Waals surface area contributed by atoms with Crippen molar-refractivity contribution in [2.75, 3.05) is 12.4 Å². The number of nitrogens with one attached hydrogen (secondary N) is 1. The van der Waals surface area contributed by atoms with Gasteiger partial charge in [-0.2, -0.15) is 0 Å².